The number of nitrogens with one attached hydrogen (secondary N) is 1. The number of ether oxygens (including phenoxy) is 1. The molecule has 1 heterocycles. The Kier molecular flexibility index (Phi) is 5.99. The van der Waals surface area contributed by atoms with Crippen molar-refractivity contribution < 1.29 is 24.0 Å². The number of nitrogens with zero attached hydrogens (tertiary/aromatic N) is 2. The molecule has 128 valence electrons. The number of carbonyl (C=O) groups excluding carboxylic acids is 3. The average Bonchev–Trinajstić information content (AvgIpc) is 2.92. The van der Waals surface area contributed by atoms with E-state index in [9.17, 15) is 24.5 Å². The van der Waals surface area contributed by atoms with Crippen molar-refractivity contribution in [3.05, 3.63) is 33.3 Å². The van der Waals surface area contributed by atoms with Crippen LogP contribution in [0.4, 0.5) is 16.2 Å². The van der Waals surface area contributed by atoms with Crippen LogP contribution in [0.5, 0.6) is 0 Å². The fraction of sp³-hybridized carbons (Fsp3) is 0.308. The highest BCUT2D eigenvalue weighted by atomic mass is 35.5. The topological polar surface area (TPSA) is 119 Å². The Morgan fingerprint density at radius 3 is 2.83 bits per heavy atom. The standard InChI is InChI=1S/C13H12ClN3O6S/c14-9-2-1-8(5-10(9)17(21)22)15-11(18)7-23-12(19)6-16-3-4-24-13(16)20/h1-2,5H,3-4,6-7H2,(H,15,18). The number of hydrogen-bond donors (Lipinski definition) is 1. The van der Waals surface area contributed by atoms with Crippen LogP contribution in [-0.2, 0) is 14.3 Å². The molecule has 1 fully saturated rings. The minimum absolute atomic E-state index is 0.0578. The third-order valence-electron chi connectivity index (χ3n) is 2.96. The van der Waals surface area contributed by atoms with Gasteiger partial charge in [0.1, 0.15) is 11.6 Å². The van der Waals surface area contributed by atoms with E-state index >= 15 is 0 Å². The summed E-state index contributed by atoms with van der Waals surface area (Å²) in [4.78, 5) is 46.0. The molecule has 1 saturated heterocycles. The van der Waals surface area contributed by atoms with Crippen LogP contribution in [0.3, 0.4) is 0 Å². The number of halogens is 1. The Balaban J connectivity index is 1.83. The predicted molar refractivity (Wildman–Crippen MR) is 87.1 cm³/mol. The Bertz CT molecular complexity index is 698. The van der Waals surface area contributed by atoms with Gasteiger partial charge < -0.3 is 15.0 Å². The van der Waals surface area contributed by atoms with Gasteiger partial charge in [-0.25, -0.2) is 0 Å². The maximum atomic E-state index is 11.7. The molecule has 24 heavy (non-hydrogen) atoms. The Morgan fingerprint density at radius 2 is 2.21 bits per heavy atom. The van der Waals surface area contributed by atoms with Crippen molar-refractivity contribution in [2.24, 2.45) is 0 Å². The number of nitro groups is 1. The van der Waals surface area contributed by atoms with Crippen LogP contribution in [0, 0.1) is 10.1 Å². The summed E-state index contributed by atoms with van der Waals surface area (Å²) < 4.78 is 4.77. The third kappa shape index (κ3) is 4.83. The number of rotatable bonds is 6. The third-order valence-corrected chi connectivity index (χ3v) is 4.17. The predicted octanol–water partition coefficient (Wildman–Crippen LogP) is 1.90. The lowest BCUT2D eigenvalue weighted by atomic mass is 10.3. The first-order chi connectivity index (χ1) is 11.4. The van der Waals surface area contributed by atoms with E-state index in [0.717, 1.165) is 17.8 Å². The average molecular weight is 374 g/mol. The molecule has 2 amide bonds. The van der Waals surface area contributed by atoms with Gasteiger partial charge >= 0.3 is 5.97 Å². The monoisotopic (exact) mass is 373 g/mol. The molecule has 11 heteroatoms. The number of benzene rings is 1. The highest BCUT2D eigenvalue weighted by Crippen LogP contribution is 2.27. The van der Waals surface area contributed by atoms with Crippen LogP contribution in [0.2, 0.25) is 5.02 Å². The van der Waals surface area contributed by atoms with Crippen molar-refractivity contribution in [2.75, 3.05) is 30.8 Å². The van der Waals surface area contributed by atoms with Gasteiger partial charge in [-0.15, -0.1) is 0 Å². The molecule has 1 aliphatic rings. The molecule has 0 radical (unpaired) electrons. The zero-order chi connectivity index (χ0) is 17.7. The first kappa shape index (κ1) is 18.0. The van der Waals surface area contributed by atoms with Crippen LogP contribution in [0.25, 0.3) is 0 Å². The van der Waals surface area contributed by atoms with Gasteiger partial charge in [0.05, 0.1) is 4.92 Å². The molecule has 0 aliphatic carbocycles. The van der Waals surface area contributed by atoms with Gasteiger partial charge in [0.25, 0.3) is 16.8 Å². The van der Waals surface area contributed by atoms with Crippen molar-refractivity contribution in [1.82, 2.24) is 4.90 Å². The van der Waals surface area contributed by atoms with Gasteiger partial charge in [-0.05, 0) is 12.1 Å². The number of anilines is 1. The van der Waals surface area contributed by atoms with Crippen LogP contribution in [-0.4, -0.2) is 52.4 Å². The fourth-order valence-electron chi connectivity index (χ4n) is 1.84. The van der Waals surface area contributed by atoms with Crippen molar-refractivity contribution in [3.63, 3.8) is 0 Å². The molecule has 0 unspecified atom stereocenters. The molecule has 9 nitrogen and oxygen atoms in total. The normalized spacial score (nSPS) is 13.7. The SMILES string of the molecule is O=C(COC(=O)CN1CCSC1=O)Nc1ccc(Cl)c([N+](=O)[O-])c1. The molecule has 0 spiro atoms. The van der Waals surface area contributed by atoms with Crippen molar-refractivity contribution in [2.45, 2.75) is 0 Å². The van der Waals surface area contributed by atoms with Gasteiger partial charge in [0.15, 0.2) is 6.61 Å². The van der Waals surface area contributed by atoms with Gasteiger partial charge in [0.2, 0.25) is 0 Å². The Morgan fingerprint density at radius 1 is 1.46 bits per heavy atom. The summed E-state index contributed by atoms with van der Waals surface area (Å²) >= 11 is 6.78. The molecular weight excluding hydrogens is 362 g/mol. The van der Waals surface area contributed by atoms with E-state index in [0.29, 0.717) is 12.3 Å². The summed E-state index contributed by atoms with van der Waals surface area (Å²) in [5, 5.41) is 12.9. The van der Waals surface area contributed by atoms with Crippen molar-refractivity contribution in [3.8, 4) is 0 Å². The van der Waals surface area contributed by atoms with Gasteiger partial charge in [0, 0.05) is 24.1 Å². The van der Waals surface area contributed by atoms with E-state index in [-0.39, 0.29) is 28.2 Å². The minimum Gasteiger partial charge on any atom is -0.454 e. The highest BCUT2D eigenvalue weighted by molar-refractivity contribution is 8.13. The summed E-state index contributed by atoms with van der Waals surface area (Å²) in [6, 6.07) is 3.76. The summed E-state index contributed by atoms with van der Waals surface area (Å²) in [6.07, 6.45) is 0. The lowest BCUT2D eigenvalue weighted by Crippen LogP contribution is -2.32. The summed E-state index contributed by atoms with van der Waals surface area (Å²) in [6.45, 7) is -0.324. The van der Waals surface area contributed by atoms with Crippen LogP contribution >= 0.6 is 23.4 Å². The fourth-order valence-corrected chi connectivity index (χ4v) is 2.86. The summed E-state index contributed by atoms with van der Waals surface area (Å²) in [5.41, 5.74) is -0.199. The van der Waals surface area contributed by atoms with Crippen LogP contribution in [0.1, 0.15) is 0 Å². The zero-order valence-electron chi connectivity index (χ0n) is 12.2. The molecule has 0 bridgehead atoms. The minimum atomic E-state index is -0.705. The van der Waals surface area contributed by atoms with Crippen molar-refractivity contribution >= 4 is 51.9 Å². The van der Waals surface area contributed by atoms with E-state index in [1.165, 1.54) is 17.0 Å². The molecule has 1 aromatic carbocycles. The summed E-state index contributed by atoms with van der Waals surface area (Å²) in [7, 11) is 0. The van der Waals surface area contributed by atoms with Crippen LogP contribution in [0.15, 0.2) is 18.2 Å². The van der Waals surface area contributed by atoms with E-state index in [1.54, 1.807) is 0 Å². The number of amides is 2. The molecule has 2 rings (SSSR count). The first-order valence-corrected chi connectivity index (χ1v) is 8.04. The maximum absolute atomic E-state index is 11.7. The number of hydrogen-bond acceptors (Lipinski definition) is 7. The largest absolute Gasteiger partial charge is 0.454 e. The maximum Gasteiger partial charge on any atom is 0.326 e. The quantitative estimate of drug-likeness (QED) is 0.459. The number of nitro benzene ring substituents is 1. The Hall–Kier alpha value is -2.33. The molecule has 1 aromatic rings. The van der Waals surface area contributed by atoms with Gasteiger partial charge in [-0.1, -0.05) is 23.4 Å². The second kappa shape index (κ2) is 7.97. The van der Waals surface area contributed by atoms with Gasteiger partial charge in [-0.2, -0.15) is 0 Å². The van der Waals surface area contributed by atoms with E-state index in [1.807, 2.05) is 0 Å². The number of thioether (sulfide) groups is 1. The molecule has 0 saturated carbocycles. The molecule has 1 N–H and O–H groups in total. The first-order valence-electron chi connectivity index (χ1n) is 6.68. The second-order valence-electron chi connectivity index (χ2n) is 4.67. The van der Waals surface area contributed by atoms with E-state index < -0.39 is 23.4 Å². The smallest absolute Gasteiger partial charge is 0.326 e. The number of esters is 1. The Labute approximate surface area is 145 Å². The van der Waals surface area contributed by atoms with E-state index in [2.05, 4.69) is 5.32 Å². The molecular formula is C13H12ClN3O6S. The van der Waals surface area contributed by atoms with E-state index in [4.69, 9.17) is 16.3 Å². The van der Waals surface area contributed by atoms with Crippen LogP contribution < -0.4 is 5.32 Å². The second-order valence-corrected chi connectivity index (χ2v) is 6.12. The lowest BCUT2D eigenvalue weighted by molar-refractivity contribution is -0.384. The molecule has 0 atom stereocenters. The molecule has 1 aliphatic heterocycles. The van der Waals surface area contributed by atoms with Crippen molar-refractivity contribution in [1.29, 1.82) is 0 Å². The molecule has 0 aromatic heterocycles. The summed E-state index contributed by atoms with van der Waals surface area (Å²) in [5.74, 6) is -0.757. The lowest BCUT2D eigenvalue weighted by Gasteiger charge is -2.13. The van der Waals surface area contributed by atoms with Gasteiger partial charge in [-0.3, -0.25) is 24.5 Å². The highest BCUT2D eigenvalue weighted by Gasteiger charge is 2.24. The zero-order valence-corrected chi connectivity index (χ0v) is 13.8. The number of carbonyl (C=O) groups is 3.